The van der Waals surface area contributed by atoms with E-state index in [4.69, 9.17) is 15.2 Å². The van der Waals surface area contributed by atoms with Crippen LogP contribution in [0.2, 0.25) is 0 Å². The number of hydrogen-bond donors (Lipinski definition) is 3. The van der Waals surface area contributed by atoms with Crippen LogP contribution in [-0.4, -0.2) is 43.7 Å². The number of aryl methyl sites for hydroxylation is 1. The fourth-order valence-corrected chi connectivity index (χ4v) is 3.55. The molecule has 9 heteroatoms. The lowest BCUT2D eigenvalue weighted by Crippen LogP contribution is -2.21. The summed E-state index contributed by atoms with van der Waals surface area (Å²) in [6.45, 7) is 5.37. The van der Waals surface area contributed by atoms with E-state index in [-0.39, 0.29) is 0 Å². The summed E-state index contributed by atoms with van der Waals surface area (Å²) < 4.78 is 2.03. The van der Waals surface area contributed by atoms with Gasteiger partial charge in [-0.25, -0.2) is 10.5 Å². The van der Waals surface area contributed by atoms with Crippen LogP contribution in [0, 0.1) is 0 Å². The van der Waals surface area contributed by atoms with Gasteiger partial charge in [0, 0.05) is 32.3 Å². The molecular weight excluding hydrogens is 382 g/mol. The van der Waals surface area contributed by atoms with Gasteiger partial charge in [0.15, 0.2) is 17.0 Å². The maximum absolute atomic E-state index is 11.2. The first kappa shape index (κ1) is 19.8. The Morgan fingerprint density at radius 1 is 1.27 bits per heavy atom. The van der Waals surface area contributed by atoms with Crippen molar-refractivity contribution in [3.05, 3.63) is 47.8 Å². The van der Waals surface area contributed by atoms with Gasteiger partial charge in [0.25, 0.3) is 5.91 Å². The number of aromatic nitrogens is 4. The van der Waals surface area contributed by atoms with Crippen molar-refractivity contribution in [2.24, 2.45) is 0 Å². The molecule has 0 spiro atoms. The molecule has 2 aromatic heterocycles. The first-order valence-electron chi connectivity index (χ1n) is 10.1. The number of hydrogen-bond acceptors (Lipinski definition) is 7. The van der Waals surface area contributed by atoms with E-state index < -0.39 is 5.91 Å². The minimum Gasteiger partial charge on any atom is -0.364 e. The highest BCUT2D eigenvalue weighted by Crippen LogP contribution is 2.25. The molecule has 0 bridgehead atoms. The van der Waals surface area contributed by atoms with Crippen molar-refractivity contribution in [2.75, 3.05) is 23.3 Å². The minimum atomic E-state index is -0.567. The minimum absolute atomic E-state index is 0.554. The van der Waals surface area contributed by atoms with E-state index in [0.717, 1.165) is 66.5 Å². The molecule has 1 saturated heterocycles. The lowest BCUT2D eigenvalue weighted by Gasteiger charge is -2.17. The van der Waals surface area contributed by atoms with E-state index in [1.807, 2.05) is 28.8 Å². The van der Waals surface area contributed by atoms with Crippen molar-refractivity contribution in [3.63, 3.8) is 0 Å². The summed E-state index contributed by atoms with van der Waals surface area (Å²) in [7, 11) is 0. The van der Waals surface area contributed by atoms with Crippen molar-refractivity contribution in [1.82, 2.24) is 25.0 Å². The quantitative estimate of drug-likeness (QED) is 0.314. The average molecular weight is 407 g/mol. The molecule has 1 aliphatic heterocycles. The van der Waals surface area contributed by atoms with E-state index in [9.17, 15) is 4.79 Å². The van der Waals surface area contributed by atoms with E-state index in [0.29, 0.717) is 6.54 Å². The lowest BCUT2D eigenvalue weighted by atomic mass is 10.1. The molecular formula is C21H25N7O2. The van der Waals surface area contributed by atoms with E-state index in [1.165, 1.54) is 6.08 Å². The fourth-order valence-electron chi connectivity index (χ4n) is 3.55. The summed E-state index contributed by atoms with van der Waals surface area (Å²) in [5.41, 5.74) is 5.07. The molecule has 1 amide bonds. The third kappa shape index (κ3) is 4.25. The summed E-state index contributed by atoms with van der Waals surface area (Å²) >= 11 is 0. The lowest BCUT2D eigenvalue weighted by molar-refractivity contribution is -0.124. The number of rotatable bonds is 7. The normalized spacial score (nSPS) is 14.0. The van der Waals surface area contributed by atoms with Crippen LogP contribution >= 0.6 is 0 Å². The van der Waals surface area contributed by atoms with Gasteiger partial charge < -0.3 is 14.8 Å². The number of benzene rings is 1. The van der Waals surface area contributed by atoms with Crippen molar-refractivity contribution in [3.8, 4) is 0 Å². The molecule has 1 fully saturated rings. The number of carbonyl (C=O) groups is 1. The molecule has 0 atom stereocenters. The standard InChI is InChI=1S/C21H25N7O2/c1-2-27-14-23-18-19(24-21(25-20(18)27)28-10-3-4-11-28)22-13-16-7-5-6-15(12-16)8-9-17(29)26-30/h5-9,12,14,30H,2-4,10-11,13H2,1H3,(H,26,29)(H,22,24,25)/b9-8+. The van der Waals surface area contributed by atoms with E-state index in [1.54, 1.807) is 17.9 Å². The van der Waals surface area contributed by atoms with Crippen molar-refractivity contribution in [2.45, 2.75) is 32.9 Å². The second kappa shape index (κ2) is 8.91. The van der Waals surface area contributed by atoms with E-state index in [2.05, 4.69) is 22.1 Å². The van der Waals surface area contributed by atoms with Crippen LogP contribution in [0.25, 0.3) is 17.2 Å². The van der Waals surface area contributed by atoms with Crippen molar-refractivity contribution < 1.29 is 10.0 Å². The van der Waals surface area contributed by atoms with Crippen LogP contribution in [0.15, 0.2) is 36.7 Å². The van der Waals surface area contributed by atoms with Crippen LogP contribution in [0.5, 0.6) is 0 Å². The molecule has 4 rings (SSSR count). The predicted molar refractivity (Wildman–Crippen MR) is 115 cm³/mol. The largest absolute Gasteiger partial charge is 0.364 e. The number of amides is 1. The van der Waals surface area contributed by atoms with Gasteiger partial charge >= 0.3 is 0 Å². The molecule has 1 aromatic carbocycles. The Bertz CT molecular complexity index is 1070. The van der Waals surface area contributed by atoms with Gasteiger partial charge in [-0.15, -0.1) is 0 Å². The zero-order valence-corrected chi connectivity index (χ0v) is 16.9. The Kier molecular flexibility index (Phi) is 5.89. The average Bonchev–Trinajstić information content (AvgIpc) is 3.46. The molecule has 3 heterocycles. The molecule has 9 nitrogen and oxygen atoms in total. The van der Waals surface area contributed by atoms with Crippen LogP contribution in [0.4, 0.5) is 11.8 Å². The molecule has 0 aliphatic carbocycles. The highest BCUT2D eigenvalue weighted by molar-refractivity contribution is 5.90. The maximum Gasteiger partial charge on any atom is 0.267 e. The first-order chi connectivity index (χ1) is 14.7. The van der Waals surface area contributed by atoms with Crippen molar-refractivity contribution >= 4 is 34.9 Å². The molecule has 0 saturated carbocycles. The zero-order valence-electron chi connectivity index (χ0n) is 16.9. The third-order valence-electron chi connectivity index (χ3n) is 5.13. The van der Waals surface area contributed by atoms with Gasteiger partial charge in [0.1, 0.15) is 0 Å². The monoisotopic (exact) mass is 407 g/mol. The summed E-state index contributed by atoms with van der Waals surface area (Å²) in [6, 6.07) is 7.78. The number of fused-ring (bicyclic) bond motifs is 1. The highest BCUT2D eigenvalue weighted by Gasteiger charge is 2.19. The molecule has 0 radical (unpaired) electrons. The summed E-state index contributed by atoms with van der Waals surface area (Å²) in [5.74, 6) is 0.891. The Balaban J connectivity index is 1.58. The summed E-state index contributed by atoms with van der Waals surface area (Å²) in [5, 5.41) is 12.0. The third-order valence-corrected chi connectivity index (χ3v) is 5.13. The number of hydroxylamine groups is 1. The maximum atomic E-state index is 11.2. The second-order valence-electron chi connectivity index (χ2n) is 7.18. The number of anilines is 2. The topological polar surface area (TPSA) is 108 Å². The molecule has 1 aliphatic rings. The van der Waals surface area contributed by atoms with Gasteiger partial charge in [-0.2, -0.15) is 9.97 Å². The fraction of sp³-hybridized carbons (Fsp3) is 0.333. The number of nitrogens with zero attached hydrogens (tertiary/aromatic N) is 5. The Labute approximate surface area is 174 Å². The number of nitrogens with one attached hydrogen (secondary N) is 2. The van der Waals surface area contributed by atoms with Gasteiger partial charge in [-0.1, -0.05) is 18.2 Å². The predicted octanol–water partition coefficient (Wildman–Crippen LogP) is 2.58. The van der Waals surface area contributed by atoms with Gasteiger partial charge in [-0.3, -0.25) is 10.0 Å². The molecule has 156 valence electrons. The number of imidazole rings is 1. The van der Waals surface area contributed by atoms with Gasteiger partial charge in [0.05, 0.1) is 6.33 Å². The summed E-state index contributed by atoms with van der Waals surface area (Å²) in [4.78, 5) is 27.5. The van der Waals surface area contributed by atoms with Crippen LogP contribution in [0.1, 0.15) is 30.9 Å². The SMILES string of the molecule is CCn1cnc2c(NCc3cccc(/C=C/C(=O)NO)c3)nc(N3CCCC3)nc21. The molecule has 30 heavy (non-hydrogen) atoms. The molecule has 0 unspecified atom stereocenters. The van der Waals surface area contributed by atoms with Crippen LogP contribution < -0.4 is 15.7 Å². The summed E-state index contributed by atoms with van der Waals surface area (Å²) in [6.07, 6.45) is 7.04. The van der Waals surface area contributed by atoms with E-state index >= 15 is 0 Å². The zero-order chi connectivity index (χ0) is 20.9. The Morgan fingerprint density at radius 3 is 2.87 bits per heavy atom. The van der Waals surface area contributed by atoms with Crippen LogP contribution in [0.3, 0.4) is 0 Å². The Hall–Kier alpha value is -3.46. The van der Waals surface area contributed by atoms with Gasteiger partial charge in [-0.05, 0) is 43.0 Å². The molecule has 3 aromatic rings. The second-order valence-corrected chi connectivity index (χ2v) is 7.18. The van der Waals surface area contributed by atoms with Crippen LogP contribution in [-0.2, 0) is 17.9 Å². The van der Waals surface area contributed by atoms with Crippen molar-refractivity contribution in [1.29, 1.82) is 0 Å². The first-order valence-corrected chi connectivity index (χ1v) is 10.1. The number of carbonyl (C=O) groups excluding carboxylic acids is 1. The molecule has 3 N–H and O–H groups in total. The highest BCUT2D eigenvalue weighted by atomic mass is 16.5. The smallest absolute Gasteiger partial charge is 0.267 e. The van der Waals surface area contributed by atoms with Gasteiger partial charge in [0.2, 0.25) is 5.95 Å². The Morgan fingerprint density at radius 2 is 2.10 bits per heavy atom.